The average molecular weight is 318 g/mol. The van der Waals surface area contributed by atoms with Gasteiger partial charge in [0.05, 0.1) is 7.11 Å². The summed E-state index contributed by atoms with van der Waals surface area (Å²) in [5, 5.41) is -0.458. The summed E-state index contributed by atoms with van der Waals surface area (Å²) in [5.74, 6) is 0.691. The monoisotopic (exact) mass is 317 g/mol. The number of rotatable bonds is 3. The van der Waals surface area contributed by atoms with Gasteiger partial charge >= 0.3 is 6.18 Å². The molecule has 0 saturated carbocycles. The number of halogens is 4. The van der Waals surface area contributed by atoms with Crippen LogP contribution in [0, 0.1) is 0 Å². The molecule has 0 N–H and O–H groups in total. The van der Waals surface area contributed by atoms with Crippen molar-refractivity contribution in [3.05, 3.63) is 41.3 Å². The smallest absolute Gasteiger partial charge is 0.433 e. The summed E-state index contributed by atoms with van der Waals surface area (Å²) in [6.07, 6.45) is -4.58. The Morgan fingerprint density at radius 3 is 2.29 bits per heavy atom. The van der Waals surface area contributed by atoms with Crippen LogP contribution >= 0.6 is 11.6 Å². The fourth-order valence-corrected chi connectivity index (χ4v) is 1.84. The molecule has 0 atom stereocenters. The summed E-state index contributed by atoms with van der Waals surface area (Å²) >= 11 is 5.57. The third kappa shape index (κ3) is 3.55. The van der Waals surface area contributed by atoms with E-state index in [9.17, 15) is 13.2 Å². The molecule has 112 valence electrons. The molecular weight excluding hydrogens is 307 g/mol. The summed E-state index contributed by atoms with van der Waals surface area (Å²) in [6.45, 7) is 0. The molecule has 2 rings (SSSR count). The van der Waals surface area contributed by atoms with Crippen molar-refractivity contribution in [2.24, 2.45) is 0 Å². The second-order valence-electron chi connectivity index (χ2n) is 4.14. The van der Waals surface area contributed by atoms with Crippen LogP contribution in [0.2, 0.25) is 5.28 Å². The summed E-state index contributed by atoms with van der Waals surface area (Å²) in [7, 11) is 3.11. The van der Waals surface area contributed by atoms with Crippen LogP contribution in [0.1, 0.15) is 5.69 Å². The van der Waals surface area contributed by atoms with Crippen molar-refractivity contribution in [2.45, 2.75) is 6.18 Å². The van der Waals surface area contributed by atoms with Gasteiger partial charge in [-0.05, 0) is 35.9 Å². The SMILES string of the molecule is COc1ccc(N(C)c2cc(C(F)(F)F)nc(Cl)n2)cc1. The molecule has 2 aromatic rings. The van der Waals surface area contributed by atoms with E-state index < -0.39 is 17.2 Å². The molecule has 0 bridgehead atoms. The zero-order valence-corrected chi connectivity index (χ0v) is 11.9. The minimum atomic E-state index is -4.58. The number of alkyl halides is 3. The molecule has 0 aliphatic rings. The highest BCUT2D eigenvalue weighted by Crippen LogP contribution is 2.32. The molecule has 0 aliphatic heterocycles. The number of hydrogen-bond acceptors (Lipinski definition) is 4. The number of nitrogens with zero attached hydrogens (tertiary/aromatic N) is 3. The number of benzene rings is 1. The van der Waals surface area contributed by atoms with Gasteiger partial charge in [0.1, 0.15) is 11.6 Å². The third-order valence-electron chi connectivity index (χ3n) is 2.78. The predicted octanol–water partition coefficient (Wildman–Crippen LogP) is 3.93. The second kappa shape index (κ2) is 5.77. The molecule has 1 aromatic carbocycles. The highest BCUT2D eigenvalue weighted by Gasteiger charge is 2.34. The van der Waals surface area contributed by atoms with Gasteiger partial charge in [0.2, 0.25) is 5.28 Å². The summed E-state index contributed by atoms with van der Waals surface area (Å²) in [4.78, 5) is 8.48. The van der Waals surface area contributed by atoms with Gasteiger partial charge in [-0.25, -0.2) is 9.97 Å². The van der Waals surface area contributed by atoms with Gasteiger partial charge in [-0.3, -0.25) is 0 Å². The number of ether oxygens (including phenoxy) is 1. The average Bonchev–Trinajstić information content (AvgIpc) is 2.45. The van der Waals surface area contributed by atoms with Crippen molar-refractivity contribution < 1.29 is 17.9 Å². The zero-order valence-electron chi connectivity index (χ0n) is 11.1. The van der Waals surface area contributed by atoms with E-state index in [1.807, 2.05) is 0 Å². The lowest BCUT2D eigenvalue weighted by Gasteiger charge is -2.19. The Hall–Kier alpha value is -2.02. The van der Waals surface area contributed by atoms with E-state index in [0.29, 0.717) is 11.4 Å². The van der Waals surface area contributed by atoms with Crippen LogP contribution in [0.3, 0.4) is 0 Å². The van der Waals surface area contributed by atoms with Gasteiger partial charge in [-0.1, -0.05) is 0 Å². The topological polar surface area (TPSA) is 38.2 Å². The first-order valence-corrected chi connectivity index (χ1v) is 6.18. The Bertz CT molecular complexity index is 632. The van der Waals surface area contributed by atoms with Crippen LogP contribution in [0.5, 0.6) is 5.75 Å². The first kappa shape index (κ1) is 15.4. The second-order valence-corrected chi connectivity index (χ2v) is 4.47. The Balaban J connectivity index is 2.38. The Morgan fingerprint density at radius 1 is 1.14 bits per heavy atom. The molecule has 1 aromatic heterocycles. The van der Waals surface area contributed by atoms with Gasteiger partial charge in [0, 0.05) is 18.8 Å². The molecule has 8 heteroatoms. The summed E-state index contributed by atoms with van der Waals surface area (Å²) in [6, 6.07) is 7.62. The van der Waals surface area contributed by atoms with Crippen LogP contribution in [0.15, 0.2) is 30.3 Å². The molecule has 0 spiro atoms. The first-order chi connectivity index (χ1) is 9.81. The van der Waals surface area contributed by atoms with Gasteiger partial charge in [0.15, 0.2) is 5.69 Å². The highest BCUT2D eigenvalue weighted by molar-refractivity contribution is 6.28. The maximum absolute atomic E-state index is 12.7. The van der Waals surface area contributed by atoms with Crippen molar-refractivity contribution in [3.63, 3.8) is 0 Å². The number of methoxy groups -OCH3 is 1. The van der Waals surface area contributed by atoms with Crippen LogP contribution in [-0.4, -0.2) is 24.1 Å². The number of aromatic nitrogens is 2. The lowest BCUT2D eigenvalue weighted by Crippen LogP contribution is -2.15. The quantitative estimate of drug-likeness (QED) is 0.804. The van der Waals surface area contributed by atoms with Gasteiger partial charge in [0.25, 0.3) is 0 Å². The normalized spacial score (nSPS) is 11.3. The number of hydrogen-bond donors (Lipinski definition) is 0. The zero-order chi connectivity index (χ0) is 15.6. The van der Waals surface area contributed by atoms with Crippen molar-refractivity contribution >= 4 is 23.1 Å². The van der Waals surface area contributed by atoms with Gasteiger partial charge < -0.3 is 9.64 Å². The van der Waals surface area contributed by atoms with E-state index in [4.69, 9.17) is 16.3 Å². The van der Waals surface area contributed by atoms with Crippen molar-refractivity contribution in [3.8, 4) is 5.75 Å². The maximum Gasteiger partial charge on any atom is 0.433 e. The van der Waals surface area contributed by atoms with Gasteiger partial charge in [-0.2, -0.15) is 13.2 Å². The van der Waals surface area contributed by atoms with E-state index in [-0.39, 0.29) is 5.82 Å². The maximum atomic E-state index is 12.7. The first-order valence-electron chi connectivity index (χ1n) is 5.81. The molecule has 0 aliphatic carbocycles. The highest BCUT2D eigenvalue weighted by atomic mass is 35.5. The van der Waals surface area contributed by atoms with E-state index in [1.54, 1.807) is 31.3 Å². The van der Waals surface area contributed by atoms with Crippen LogP contribution < -0.4 is 9.64 Å². The molecule has 0 radical (unpaired) electrons. The Kier molecular flexibility index (Phi) is 4.22. The fourth-order valence-electron chi connectivity index (χ4n) is 1.66. The lowest BCUT2D eigenvalue weighted by atomic mass is 10.2. The standard InChI is InChI=1S/C13H11ClF3N3O/c1-20(8-3-5-9(21-2)6-4-8)11-7-10(13(15,16)17)18-12(14)19-11/h3-7H,1-2H3. The van der Waals surface area contributed by atoms with Crippen molar-refractivity contribution in [1.82, 2.24) is 9.97 Å². The largest absolute Gasteiger partial charge is 0.497 e. The lowest BCUT2D eigenvalue weighted by molar-refractivity contribution is -0.141. The molecule has 21 heavy (non-hydrogen) atoms. The molecule has 1 heterocycles. The summed E-state index contributed by atoms with van der Waals surface area (Å²) < 4.78 is 43.2. The summed E-state index contributed by atoms with van der Waals surface area (Å²) in [5.41, 5.74) is -0.448. The van der Waals surface area contributed by atoms with E-state index in [2.05, 4.69) is 9.97 Å². The molecule has 0 fully saturated rings. The van der Waals surface area contributed by atoms with E-state index >= 15 is 0 Å². The van der Waals surface area contributed by atoms with E-state index in [0.717, 1.165) is 6.07 Å². The van der Waals surface area contributed by atoms with Gasteiger partial charge in [-0.15, -0.1) is 0 Å². The number of anilines is 2. The Labute approximate surface area is 124 Å². The van der Waals surface area contributed by atoms with Crippen LogP contribution in [-0.2, 0) is 6.18 Å². The molecule has 4 nitrogen and oxygen atoms in total. The minimum absolute atomic E-state index is 0.0486. The van der Waals surface area contributed by atoms with Crippen molar-refractivity contribution in [1.29, 1.82) is 0 Å². The van der Waals surface area contributed by atoms with E-state index in [1.165, 1.54) is 12.0 Å². The Morgan fingerprint density at radius 2 is 1.76 bits per heavy atom. The minimum Gasteiger partial charge on any atom is -0.497 e. The van der Waals surface area contributed by atoms with Crippen molar-refractivity contribution in [2.75, 3.05) is 19.1 Å². The third-order valence-corrected chi connectivity index (χ3v) is 2.95. The van der Waals surface area contributed by atoms with Crippen LogP contribution in [0.4, 0.5) is 24.7 Å². The fraction of sp³-hybridized carbons (Fsp3) is 0.231. The molecular formula is C13H11ClF3N3O. The molecule has 0 unspecified atom stereocenters. The predicted molar refractivity (Wildman–Crippen MR) is 73.1 cm³/mol. The molecule has 0 saturated heterocycles. The van der Waals surface area contributed by atoms with Crippen LogP contribution in [0.25, 0.3) is 0 Å². The molecule has 0 amide bonds.